The van der Waals surface area contributed by atoms with E-state index in [1.165, 1.54) is 0 Å². The number of hydrogen-bond acceptors (Lipinski definition) is 7. The molecular formula is C45H49N9O2. The normalized spacial score (nSPS) is 18.2. The Morgan fingerprint density at radius 1 is 0.571 bits per heavy atom. The third kappa shape index (κ3) is 7.39. The lowest BCUT2D eigenvalue weighted by Crippen LogP contribution is -2.40. The molecule has 2 aliphatic heterocycles. The molecule has 6 aromatic rings. The molecule has 3 aromatic carbocycles. The monoisotopic (exact) mass is 747 g/mol. The SMILES string of the molecule is CN(C)C(C(=O)N1CCC[C@H]1c1ncc(-c2ccc(-c3ccc(-c4cnc([C@@H]5CCCN5C(=O)[C@@H](c5ccccc5)N(C)C)[nH]4)cn3)cc2)[nH]1)c1ccccc1. The van der Waals surface area contributed by atoms with Crippen LogP contribution in [0.3, 0.4) is 0 Å². The zero-order valence-corrected chi connectivity index (χ0v) is 32.5. The van der Waals surface area contributed by atoms with E-state index in [1.54, 1.807) is 0 Å². The predicted octanol–water partition coefficient (Wildman–Crippen LogP) is 7.46. The van der Waals surface area contributed by atoms with Crippen LogP contribution in [0.2, 0.25) is 0 Å². The van der Waals surface area contributed by atoms with Crippen molar-refractivity contribution < 1.29 is 9.59 Å². The summed E-state index contributed by atoms with van der Waals surface area (Å²) in [5, 5.41) is 0. The van der Waals surface area contributed by atoms with Gasteiger partial charge >= 0.3 is 0 Å². The molecule has 2 fully saturated rings. The quantitative estimate of drug-likeness (QED) is 0.141. The molecule has 0 saturated carbocycles. The number of aromatic nitrogens is 5. The summed E-state index contributed by atoms with van der Waals surface area (Å²) in [6, 6.07) is 31.4. The number of imidazole rings is 2. The zero-order valence-electron chi connectivity index (χ0n) is 32.5. The standard InChI is InChI=1S/C45H49N9O2/c1-51(2)40(32-13-7-5-8-14-32)44(55)53-25-11-17-38(53)42-47-28-36(49-42)31-21-19-30(20-22-31)35-24-23-34(27-46-35)37-29-48-43(50-37)39-18-12-26-54(39)45(56)41(52(3)4)33-15-9-6-10-16-33/h5-10,13-16,19-24,27-29,38-41H,11-12,17-18,25-26H2,1-4H3,(H,47,49)(H,48,50)/t38-,39-,40?,41+/m0/s1. The molecule has 2 aliphatic rings. The van der Waals surface area contributed by atoms with Crippen LogP contribution in [0.25, 0.3) is 33.8 Å². The number of H-pyrrole nitrogens is 2. The highest BCUT2D eigenvalue weighted by Crippen LogP contribution is 2.37. The Balaban J connectivity index is 0.930. The van der Waals surface area contributed by atoms with Gasteiger partial charge in [-0.25, -0.2) is 9.97 Å². The summed E-state index contributed by atoms with van der Waals surface area (Å²) in [5.74, 6) is 1.81. The van der Waals surface area contributed by atoms with Crippen molar-refractivity contribution in [2.45, 2.75) is 49.9 Å². The first-order valence-corrected chi connectivity index (χ1v) is 19.5. The van der Waals surface area contributed by atoms with E-state index in [9.17, 15) is 9.59 Å². The molecule has 3 aromatic heterocycles. The first-order valence-electron chi connectivity index (χ1n) is 19.5. The molecule has 2 saturated heterocycles. The number of aromatic amines is 2. The fourth-order valence-corrected chi connectivity index (χ4v) is 8.39. The van der Waals surface area contributed by atoms with Crippen molar-refractivity contribution in [1.82, 2.24) is 44.5 Å². The number of nitrogens with zero attached hydrogens (tertiary/aromatic N) is 7. The average Bonchev–Trinajstić information content (AvgIpc) is 4.06. The highest BCUT2D eigenvalue weighted by atomic mass is 16.2. The van der Waals surface area contributed by atoms with E-state index in [2.05, 4.69) is 40.3 Å². The van der Waals surface area contributed by atoms with Gasteiger partial charge in [-0.15, -0.1) is 0 Å². The van der Waals surface area contributed by atoms with Gasteiger partial charge in [-0.2, -0.15) is 0 Å². The Bertz CT molecular complexity index is 2090. The van der Waals surface area contributed by atoms with E-state index >= 15 is 0 Å². The maximum absolute atomic E-state index is 13.9. The van der Waals surface area contributed by atoms with Crippen molar-refractivity contribution in [3.05, 3.63) is 138 Å². The van der Waals surface area contributed by atoms with Crippen molar-refractivity contribution in [1.29, 1.82) is 0 Å². The van der Waals surface area contributed by atoms with E-state index < -0.39 is 0 Å². The Hall–Kier alpha value is -5.91. The summed E-state index contributed by atoms with van der Waals surface area (Å²) in [7, 11) is 7.82. The lowest BCUT2D eigenvalue weighted by molar-refractivity contribution is -0.138. The molecule has 0 aliphatic carbocycles. The van der Waals surface area contributed by atoms with Gasteiger partial charge in [-0.3, -0.25) is 24.4 Å². The zero-order chi connectivity index (χ0) is 38.8. The summed E-state index contributed by atoms with van der Waals surface area (Å²) in [6.45, 7) is 1.42. The van der Waals surface area contributed by atoms with E-state index in [-0.39, 0.29) is 36.0 Å². The van der Waals surface area contributed by atoms with Crippen LogP contribution >= 0.6 is 0 Å². The number of carbonyl (C=O) groups is 2. The van der Waals surface area contributed by atoms with E-state index in [0.29, 0.717) is 13.1 Å². The van der Waals surface area contributed by atoms with Crippen molar-refractivity contribution in [3.63, 3.8) is 0 Å². The van der Waals surface area contributed by atoms with Crippen LogP contribution in [0.4, 0.5) is 0 Å². The molecule has 8 rings (SSSR count). The van der Waals surface area contributed by atoms with Gasteiger partial charge in [0.15, 0.2) is 0 Å². The van der Waals surface area contributed by atoms with Crippen LogP contribution in [-0.2, 0) is 9.59 Å². The second-order valence-electron chi connectivity index (χ2n) is 15.3. The summed E-state index contributed by atoms with van der Waals surface area (Å²) < 4.78 is 0. The van der Waals surface area contributed by atoms with Crippen molar-refractivity contribution in [2.75, 3.05) is 41.3 Å². The minimum atomic E-state index is -0.351. The molecule has 11 nitrogen and oxygen atoms in total. The van der Waals surface area contributed by atoms with Crippen LogP contribution in [-0.4, -0.2) is 97.6 Å². The van der Waals surface area contributed by atoms with Gasteiger partial charge in [0.25, 0.3) is 0 Å². The highest BCUT2D eigenvalue weighted by molar-refractivity contribution is 5.84. The largest absolute Gasteiger partial charge is 0.340 e. The molecule has 11 heteroatoms. The van der Waals surface area contributed by atoms with Gasteiger partial charge in [0, 0.05) is 30.4 Å². The molecule has 1 unspecified atom stereocenters. The molecule has 4 atom stereocenters. The summed E-state index contributed by atoms with van der Waals surface area (Å²) in [6.07, 6.45) is 9.18. The van der Waals surface area contributed by atoms with Gasteiger partial charge in [0.2, 0.25) is 11.8 Å². The minimum absolute atomic E-state index is 0.0926. The topological polar surface area (TPSA) is 117 Å². The Labute approximate surface area is 328 Å². The molecule has 0 radical (unpaired) electrons. The molecule has 56 heavy (non-hydrogen) atoms. The Morgan fingerprint density at radius 3 is 1.46 bits per heavy atom. The van der Waals surface area contributed by atoms with Crippen molar-refractivity contribution >= 4 is 11.8 Å². The number of pyridine rings is 1. The molecular weight excluding hydrogens is 699 g/mol. The summed E-state index contributed by atoms with van der Waals surface area (Å²) in [4.78, 5) is 57.1. The molecule has 5 heterocycles. The Morgan fingerprint density at radius 2 is 1.02 bits per heavy atom. The maximum atomic E-state index is 13.9. The van der Waals surface area contributed by atoms with Gasteiger partial charge in [-0.05, 0) is 82.7 Å². The van der Waals surface area contributed by atoms with Crippen molar-refractivity contribution in [3.8, 4) is 33.8 Å². The fraction of sp³-hybridized carbons (Fsp3) is 0.311. The second kappa shape index (κ2) is 16.1. The number of hydrogen-bond donors (Lipinski definition) is 2. The lowest BCUT2D eigenvalue weighted by atomic mass is 10.0. The van der Waals surface area contributed by atoms with Gasteiger partial charge in [-0.1, -0.05) is 84.9 Å². The first kappa shape index (κ1) is 37.0. The fourth-order valence-electron chi connectivity index (χ4n) is 8.39. The van der Waals surface area contributed by atoms with Crippen LogP contribution < -0.4 is 0 Å². The number of carbonyl (C=O) groups excluding carboxylic acids is 2. The summed E-state index contributed by atoms with van der Waals surface area (Å²) >= 11 is 0. The van der Waals surface area contributed by atoms with Crippen LogP contribution in [0.5, 0.6) is 0 Å². The van der Waals surface area contributed by atoms with E-state index in [4.69, 9.17) is 15.0 Å². The third-order valence-electron chi connectivity index (χ3n) is 11.2. The van der Waals surface area contributed by atoms with Crippen molar-refractivity contribution in [2.24, 2.45) is 0 Å². The predicted molar refractivity (Wildman–Crippen MR) is 218 cm³/mol. The number of rotatable bonds is 11. The number of benzene rings is 3. The van der Waals surface area contributed by atoms with Gasteiger partial charge in [0.1, 0.15) is 23.7 Å². The molecule has 0 spiro atoms. The van der Waals surface area contributed by atoms with E-state index in [0.717, 1.165) is 82.2 Å². The van der Waals surface area contributed by atoms with Crippen LogP contribution in [0.1, 0.15) is 72.6 Å². The highest BCUT2D eigenvalue weighted by Gasteiger charge is 2.38. The average molecular weight is 748 g/mol. The smallest absolute Gasteiger partial charge is 0.245 e. The number of likely N-dealkylation sites (tertiary alicyclic amines) is 2. The third-order valence-corrected chi connectivity index (χ3v) is 11.2. The molecule has 0 bridgehead atoms. The number of amides is 2. The minimum Gasteiger partial charge on any atom is -0.340 e. The van der Waals surface area contributed by atoms with E-state index in [1.807, 2.05) is 133 Å². The van der Waals surface area contributed by atoms with Gasteiger partial charge in [0.05, 0.1) is 41.6 Å². The molecule has 2 N–H and O–H groups in total. The number of nitrogens with one attached hydrogen (secondary N) is 2. The van der Waals surface area contributed by atoms with Crippen LogP contribution in [0, 0.1) is 0 Å². The lowest BCUT2D eigenvalue weighted by Gasteiger charge is -2.31. The van der Waals surface area contributed by atoms with Gasteiger partial charge < -0.3 is 19.8 Å². The maximum Gasteiger partial charge on any atom is 0.245 e. The number of likely N-dealkylation sites (N-methyl/N-ethyl adjacent to an activating group) is 2. The molecule has 2 amide bonds. The Kier molecular flexibility index (Phi) is 10.6. The summed E-state index contributed by atoms with van der Waals surface area (Å²) in [5.41, 5.74) is 7.58. The second-order valence-corrected chi connectivity index (χ2v) is 15.3. The first-order chi connectivity index (χ1) is 27.3. The molecule has 286 valence electrons. The van der Waals surface area contributed by atoms with Crippen LogP contribution in [0.15, 0.2) is 116 Å².